The van der Waals surface area contributed by atoms with E-state index in [2.05, 4.69) is 10.1 Å². The molecule has 0 heterocycles. The number of aldehydes is 1. The molecule has 0 aliphatic rings. The summed E-state index contributed by atoms with van der Waals surface area (Å²) in [6.45, 7) is 0. The predicted molar refractivity (Wildman–Crippen MR) is 77.8 cm³/mol. The van der Waals surface area contributed by atoms with Crippen LogP contribution in [0.4, 0.5) is 20.2 Å². The Morgan fingerprint density at radius 1 is 1.23 bits per heavy atom. The average Bonchev–Trinajstić information content (AvgIpc) is 2.51. The maximum atomic E-state index is 13.5. The molecule has 114 valence electrons. The van der Waals surface area contributed by atoms with E-state index in [9.17, 15) is 18.4 Å². The van der Waals surface area contributed by atoms with Gasteiger partial charge in [0.1, 0.15) is 11.6 Å². The van der Waals surface area contributed by atoms with E-state index in [1.165, 1.54) is 12.1 Å². The van der Waals surface area contributed by atoms with Crippen molar-refractivity contribution in [1.29, 1.82) is 0 Å². The van der Waals surface area contributed by atoms with Crippen LogP contribution in [0.15, 0.2) is 30.3 Å². The molecule has 0 radical (unpaired) electrons. The molecular weight excluding hydrogens is 316 g/mol. The summed E-state index contributed by atoms with van der Waals surface area (Å²) in [6, 6.07) is 5.58. The van der Waals surface area contributed by atoms with E-state index in [0.29, 0.717) is 6.29 Å². The van der Waals surface area contributed by atoms with Gasteiger partial charge in [0.15, 0.2) is 6.29 Å². The van der Waals surface area contributed by atoms with Crippen LogP contribution in [0.1, 0.15) is 20.7 Å². The Bertz CT molecular complexity index is 750. The van der Waals surface area contributed by atoms with E-state index < -0.39 is 17.6 Å². The third-order valence-electron chi connectivity index (χ3n) is 2.88. The third-order valence-corrected chi connectivity index (χ3v) is 3.17. The van der Waals surface area contributed by atoms with Crippen LogP contribution >= 0.6 is 11.6 Å². The number of anilines is 2. The van der Waals surface area contributed by atoms with Gasteiger partial charge in [0.25, 0.3) is 0 Å². The number of nitrogens with one attached hydrogen (secondary N) is 1. The molecule has 2 rings (SSSR count). The quantitative estimate of drug-likeness (QED) is 0.683. The van der Waals surface area contributed by atoms with Gasteiger partial charge in [-0.05, 0) is 30.3 Å². The second-order valence-electron chi connectivity index (χ2n) is 4.28. The molecule has 0 saturated heterocycles. The summed E-state index contributed by atoms with van der Waals surface area (Å²) in [4.78, 5) is 22.7. The molecule has 2 aromatic rings. The van der Waals surface area contributed by atoms with Gasteiger partial charge in [-0.15, -0.1) is 0 Å². The van der Waals surface area contributed by atoms with Gasteiger partial charge in [-0.3, -0.25) is 4.79 Å². The number of halogens is 3. The molecule has 0 aliphatic carbocycles. The van der Waals surface area contributed by atoms with Gasteiger partial charge in [0, 0.05) is 11.3 Å². The lowest BCUT2D eigenvalue weighted by molar-refractivity contribution is 0.0601. The molecule has 7 heteroatoms. The van der Waals surface area contributed by atoms with Gasteiger partial charge in [-0.25, -0.2) is 13.6 Å². The molecule has 0 atom stereocenters. The van der Waals surface area contributed by atoms with E-state index in [0.717, 1.165) is 25.3 Å². The SMILES string of the molecule is COC(=O)c1cc(F)c(Cl)cc1Nc1ccc(F)cc1C=O. The Morgan fingerprint density at radius 2 is 1.95 bits per heavy atom. The number of rotatable bonds is 4. The topological polar surface area (TPSA) is 55.4 Å². The van der Waals surface area contributed by atoms with Gasteiger partial charge in [0.05, 0.1) is 23.4 Å². The number of carbonyl (C=O) groups excluding carboxylic acids is 2. The highest BCUT2D eigenvalue weighted by molar-refractivity contribution is 6.31. The molecule has 0 amide bonds. The number of carbonyl (C=O) groups is 2. The zero-order valence-corrected chi connectivity index (χ0v) is 12.1. The fourth-order valence-corrected chi connectivity index (χ4v) is 1.98. The number of methoxy groups -OCH3 is 1. The van der Waals surface area contributed by atoms with Crippen molar-refractivity contribution in [3.8, 4) is 0 Å². The van der Waals surface area contributed by atoms with Gasteiger partial charge >= 0.3 is 5.97 Å². The summed E-state index contributed by atoms with van der Waals surface area (Å²) in [7, 11) is 1.15. The van der Waals surface area contributed by atoms with Crippen LogP contribution in [0.3, 0.4) is 0 Å². The first-order valence-corrected chi connectivity index (χ1v) is 6.43. The maximum absolute atomic E-state index is 13.5. The number of ether oxygens (including phenoxy) is 1. The van der Waals surface area contributed by atoms with Gasteiger partial charge in [0.2, 0.25) is 0 Å². The molecule has 2 aromatic carbocycles. The molecule has 22 heavy (non-hydrogen) atoms. The summed E-state index contributed by atoms with van der Waals surface area (Å²) in [5.41, 5.74) is 0.305. The van der Waals surface area contributed by atoms with E-state index in [4.69, 9.17) is 11.6 Å². The Kier molecular flexibility index (Phi) is 4.72. The van der Waals surface area contributed by atoms with Crippen molar-refractivity contribution < 1.29 is 23.1 Å². The van der Waals surface area contributed by atoms with Crippen LogP contribution in [0.2, 0.25) is 5.02 Å². The van der Waals surface area contributed by atoms with Crippen LogP contribution in [0.5, 0.6) is 0 Å². The van der Waals surface area contributed by atoms with Gasteiger partial charge in [-0.2, -0.15) is 0 Å². The number of hydrogen-bond donors (Lipinski definition) is 1. The molecule has 0 aliphatic heterocycles. The lowest BCUT2D eigenvalue weighted by atomic mass is 10.1. The Labute approximate surface area is 129 Å². The molecular formula is C15H10ClF2NO3. The smallest absolute Gasteiger partial charge is 0.340 e. The monoisotopic (exact) mass is 325 g/mol. The van der Waals surface area contributed by atoms with Crippen molar-refractivity contribution in [2.24, 2.45) is 0 Å². The molecule has 0 aromatic heterocycles. The zero-order chi connectivity index (χ0) is 16.3. The first kappa shape index (κ1) is 15.9. The minimum Gasteiger partial charge on any atom is -0.465 e. The maximum Gasteiger partial charge on any atom is 0.340 e. The van der Waals surface area contributed by atoms with Crippen LogP contribution in [-0.2, 0) is 4.74 Å². The van der Waals surface area contributed by atoms with Crippen molar-refractivity contribution in [2.75, 3.05) is 12.4 Å². The van der Waals surface area contributed by atoms with Gasteiger partial charge in [-0.1, -0.05) is 11.6 Å². The second kappa shape index (κ2) is 6.53. The highest BCUT2D eigenvalue weighted by atomic mass is 35.5. The number of hydrogen-bond acceptors (Lipinski definition) is 4. The van der Waals surface area contributed by atoms with Gasteiger partial charge < -0.3 is 10.1 Å². The molecule has 1 N–H and O–H groups in total. The Balaban J connectivity index is 2.51. The number of benzene rings is 2. The predicted octanol–water partition coefficient (Wildman–Crippen LogP) is 3.96. The molecule has 0 fully saturated rings. The summed E-state index contributed by atoms with van der Waals surface area (Å²) in [5.74, 6) is -2.16. The normalized spacial score (nSPS) is 10.2. The minimum atomic E-state index is -0.790. The third kappa shape index (κ3) is 3.23. The van der Waals surface area contributed by atoms with E-state index in [-0.39, 0.29) is 27.5 Å². The Morgan fingerprint density at radius 3 is 2.59 bits per heavy atom. The van der Waals surface area contributed by atoms with Crippen molar-refractivity contribution >= 4 is 35.2 Å². The summed E-state index contributed by atoms with van der Waals surface area (Å²) >= 11 is 5.70. The second-order valence-corrected chi connectivity index (χ2v) is 4.69. The van der Waals surface area contributed by atoms with Crippen LogP contribution in [-0.4, -0.2) is 19.4 Å². The van der Waals surface area contributed by atoms with Crippen molar-refractivity contribution in [3.63, 3.8) is 0 Å². The molecule has 4 nitrogen and oxygen atoms in total. The first-order valence-electron chi connectivity index (χ1n) is 6.05. The fraction of sp³-hybridized carbons (Fsp3) is 0.0667. The lowest BCUT2D eigenvalue weighted by Crippen LogP contribution is -2.07. The fourth-order valence-electron chi connectivity index (χ4n) is 1.82. The van der Waals surface area contributed by atoms with Crippen LogP contribution in [0, 0.1) is 11.6 Å². The standard InChI is InChI=1S/C15H10ClF2NO3/c1-22-15(21)10-5-12(18)11(16)6-14(10)19-13-3-2-9(17)4-8(13)7-20/h2-7,19H,1H3. The molecule has 0 saturated carbocycles. The molecule has 0 bridgehead atoms. The minimum absolute atomic E-state index is 0.0382. The lowest BCUT2D eigenvalue weighted by Gasteiger charge is -2.13. The van der Waals surface area contributed by atoms with Crippen LogP contribution in [0.25, 0.3) is 0 Å². The molecule has 0 unspecified atom stereocenters. The van der Waals surface area contributed by atoms with Crippen molar-refractivity contribution in [3.05, 3.63) is 58.1 Å². The summed E-state index contributed by atoms with van der Waals surface area (Å²) in [5, 5.41) is 2.54. The van der Waals surface area contributed by atoms with E-state index in [1.807, 2.05) is 0 Å². The van der Waals surface area contributed by atoms with Crippen molar-refractivity contribution in [1.82, 2.24) is 0 Å². The summed E-state index contributed by atoms with van der Waals surface area (Å²) < 4.78 is 31.2. The Hall–Kier alpha value is -2.47. The van der Waals surface area contributed by atoms with E-state index in [1.54, 1.807) is 0 Å². The summed E-state index contributed by atoms with van der Waals surface area (Å²) in [6.07, 6.45) is 0.453. The highest BCUT2D eigenvalue weighted by Crippen LogP contribution is 2.29. The number of esters is 1. The van der Waals surface area contributed by atoms with E-state index >= 15 is 0 Å². The first-order chi connectivity index (χ1) is 10.5. The van der Waals surface area contributed by atoms with Crippen LogP contribution < -0.4 is 5.32 Å². The largest absolute Gasteiger partial charge is 0.465 e. The van der Waals surface area contributed by atoms with Crippen molar-refractivity contribution in [2.45, 2.75) is 0 Å². The molecule has 0 spiro atoms. The zero-order valence-electron chi connectivity index (χ0n) is 11.3. The highest BCUT2D eigenvalue weighted by Gasteiger charge is 2.17. The average molecular weight is 326 g/mol.